The van der Waals surface area contributed by atoms with E-state index < -0.39 is 0 Å². The SMILES string of the molecule is CCN(C1=C(c2ccccc2OC)C(=O)N(CCOC)C1=O)c1ccccc1. The highest BCUT2D eigenvalue weighted by molar-refractivity contribution is 6.37. The normalized spacial score (nSPS) is 14.0. The number of carbonyl (C=O) groups is 2. The number of carbonyl (C=O) groups excluding carboxylic acids is 2. The molecule has 1 aliphatic heterocycles. The summed E-state index contributed by atoms with van der Waals surface area (Å²) in [6, 6.07) is 16.8. The Kier molecular flexibility index (Phi) is 6.11. The third kappa shape index (κ3) is 3.51. The molecule has 0 spiro atoms. The second-order valence-electron chi connectivity index (χ2n) is 6.26. The highest BCUT2D eigenvalue weighted by Crippen LogP contribution is 2.37. The Hall–Kier alpha value is -3.12. The number of likely N-dealkylation sites (N-methyl/N-ethyl adjacent to an activating group) is 1. The van der Waals surface area contributed by atoms with Crippen molar-refractivity contribution in [2.75, 3.05) is 38.8 Å². The van der Waals surface area contributed by atoms with E-state index in [1.54, 1.807) is 26.4 Å². The van der Waals surface area contributed by atoms with Gasteiger partial charge in [-0.3, -0.25) is 14.5 Å². The summed E-state index contributed by atoms with van der Waals surface area (Å²) in [7, 11) is 3.10. The van der Waals surface area contributed by atoms with Gasteiger partial charge in [0.1, 0.15) is 11.4 Å². The molecule has 2 amide bonds. The van der Waals surface area contributed by atoms with E-state index in [4.69, 9.17) is 9.47 Å². The van der Waals surface area contributed by atoms with Gasteiger partial charge in [-0.05, 0) is 25.1 Å². The van der Waals surface area contributed by atoms with Crippen molar-refractivity contribution in [2.24, 2.45) is 0 Å². The lowest BCUT2D eigenvalue weighted by molar-refractivity contribution is -0.137. The average molecular weight is 380 g/mol. The molecule has 1 heterocycles. The number of ether oxygens (including phenoxy) is 2. The Bertz CT molecular complexity index is 892. The van der Waals surface area contributed by atoms with Gasteiger partial charge in [-0.25, -0.2) is 0 Å². The van der Waals surface area contributed by atoms with Crippen molar-refractivity contribution in [3.05, 3.63) is 65.9 Å². The number of para-hydroxylation sites is 2. The number of nitrogens with zero attached hydrogens (tertiary/aromatic N) is 2. The topological polar surface area (TPSA) is 59.1 Å². The molecule has 6 heteroatoms. The predicted molar refractivity (Wildman–Crippen MR) is 108 cm³/mol. The van der Waals surface area contributed by atoms with Crippen LogP contribution in [0, 0.1) is 0 Å². The summed E-state index contributed by atoms with van der Waals surface area (Å²) in [4.78, 5) is 29.7. The van der Waals surface area contributed by atoms with E-state index in [0.717, 1.165) is 5.69 Å². The third-order valence-electron chi connectivity index (χ3n) is 4.69. The smallest absolute Gasteiger partial charge is 0.278 e. The van der Waals surface area contributed by atoms with Crippen LogP contribution in [0.2, 0.25) is 0 Å². The molecule has 3 rings (SSSR count). The largest absolute Gasteiger partial charge is 0.496 e. The Balaban J connectivity index is 2.19. The van der Waals surface area contributed by atoms with Crippen LogP contribution < -0.4 is 9.64 Å². The van der Waals surface area contributed by atoms with Crippen LogP contribution in [0.4, 0.5) is 5.69 Å². The van der Waals surface area contributed by atoms with Crippen LogP contribution >= 0.6 is 0 Å². The number of benzene rings is 2. The number of hydrogen-bond acceptors (Lipinski definition) is 5. The number of methoxy groups -OCH3 is 2. The van der Waals surface area contributed by atoms with Crippen LogP contribution in [0.1, 0.15) is 12.5 Å². The average Bonchev–Trinajstić information content (AvgIpc) is 2.97. The monoisotopic (exact) mass is 380 g/mol. The van der Waals surface area contributed by atoms with E-state index in [1.165, 1.54) is 4.90 Å². The Morgan fingerprint density at radius 1 is 0.929 bits per heavy atom. The molecule has 0 atom stereocenters. The first-order chi connectivity index (χ1) is 13.6. The summed E-state index contributed by atoms with van der Waals surface area (Å²) in [5.74, 6) is -0.113. The molecule has 0 bridgehead atoms. The molecule has 0 saturated heterocycles. The summed E-state index contributed by atoms with van der Waals surface area (Å²) in [5, 5.41) is 0. The number of amides is 2. The van der Waals surface area contributed by atoms with Crippen LogP contribution in [-0.4, -0.2) is 50.6 Å². The molecule has 0 aromatic heterocycles. The van der Waals surface area contributed by atoms with Gasteiger partial charge in [0.2, 0.25) is 0 Å². The first-order valence-corrected chi connectivity index (χ1v) is 9.19. The van der Waals surface area contributed by atoms with Gasteiger partial charge >= 0.3 is 0 Å². The number of imide groups is 1. The molecule has 0 unspecified atom stereocenters. The van der Waals surface area contributed by atoms with Crippen molar-refractivity contribution in [3.63, 3.8) is 0 Å². The summed E-state index contributed by atoms with van der Waals surface area (Å²) < 4.78 is 10.6. The lowest BCUT2D eigenvalue weighted by Gasteiger charge is -2.25. The van der Waals surface area contributed by atoms with Crippen LogP contribution in [0.15, 0.2) is 60.3 Å². The van der Waals surface area contributed by atoms with Gasteiger partial charge in [0.25, 0.3) is 11.8 Å². The van der Waals surface area contributed by atoms with E-state index in [1.807, 2.05) is 54.3 Å². The number of anilines is 1. The highest BCUT2D eigenvalue weighted by Gasteiger charge is 2.42. The van der Waals surface area contributed by atoms with Crippen LogP contribution in [0.3, 0.4) is 0 Å². The van der Waals surface area contributed by atoms with Crippen molar-refractivity contribution < 1.29 is 19.1 Å². The molecule has 2 aromatic carbocycles. The maximum Gasteiger partial charge on any atom is 0.278 e. The van der Waals surface area contributed by atoms with Crippen LogP contribution in [0.25, 0.3) is 5.57 Å². The molecular formula is C22H24N2O4. The van der Waals surface area contributed by atoms with Crippen LogP contribution in [-0.2, 0) is 14.3 Å². The summed E-state index contributed by atoms with van der Waals surface area (Å²) >= 11 is 0. The van der Waals surface area contributed by atoms with Gasteiger partial charge in [0, 0.05) is 24.9 Å². The maximum atomic E-state index is 13.3. The fraction of sp³-hybridized carbons (Fsp3) is 0.273. The standard InChI is InChI=1S/C22H24N2O4/c1-4-23(16-10-6-5-7-11-16)20-19(17-12-8-9-13-18(17)28-3)21(25)24(22(20)26)14-15-27-2/h5-13H,4,14-15H2,1-3H3. The second-order valence-corrected chi connectivity index (χ2v) is 6.26. The number of rotatable bonds is 8. The fourth-order valence-electron chi connectivity index (χ4n) is 3.37. The van der Waals surface area contributed by atoms with E-state index in [0.29, 0.717) is 29.1 Å². The Morgan fingerprint density at radius 2 is 1.61 bits per heavy atom. The van der Waals surface area contributed by atoms with Crippen molar-refractivity contribution in [2.45, 2.75) is 6.92 Å². The summed E-state index contributed by atoms with van der Waals surface area (Å²) in [6.45, 7) is 2.97. The zero-order valence-corrected chi connectivity index (χ0v) is 16.3. The first kappa shape index (κ1) is 19.6. The van der Waals surface area contributed by atoms with Gasteiger partial charge in [-0.2, -0.15) is 0 Å². The molecule has 6 nitrogen and oxygen atoms in total. The zero-order chi connectivity index (χ0) is 20.1. The van der Waals surface area contributed by atoms with Crippen molar-refractivity contribution >= 4 is 23.1 Å². The molecule has 0 saturated carbocycles. The van der Waals surface area contributed by atoms with Crippen LogP contribution in [0.5, 0.6) is 5.75 Å². The lowest BCUT2D eigenvalue weighted by atomic mass is 10.0. The molecule has 28 heavy (non-hydrogen) atoms. The van der Waals surface area contributed by atoms with Gasteiger partial charge in [0.15, 0.2) is 0 Å². The lowest BCUT2D eigenvalue weighted by Crippen LogP contribution is -2.37. The zero-order valence-electron chi connectivity index (χ0n) is 16.3. The predicted octanol–water partition coefficient (Wildman–Crippen LogP) is 2.95. The molecule has 1 aliphatic rings. The molecule has 0 fully saturated rings. The molecule has 0 radical (unpaired) electrons. The molecule has 146 valence electrons. The Labute approximate surface area is 165 Å². The van der Waals surface area contributed by atoms with Gasteiger partial charge in [-0.15, -0.1) is 0 Å². The molecule has 0 N–H and O–H groups in total. The first-order valence-electron chi connectivity index (χ1n) is 9.19. The molecule has 0 aliphatic carbocycles. The van der Waals surface area contributed by atoms with E-state index in [9.17, 15) is 9.59 Å². The highest BCUT2D eigenvalue weighted by atomic mass is 16.5. The van der Waals surface area contributed by atoms with Crippen molar-refractivity contribution in [1.82, 2.24) is 4.90 Å². The fourth-order valence-corrected chi connectivity index (χ4v) is 3.37. The minimum absolute atomic E-state index is 0.197. The third-order valence-corrected chi connectivity index (χ3v) is 4.69. The maximum absolute atomic E-state index is 13.3. The molecular weight excluding hydrogens is 356 g/mol. The van der Waals surface area contributed by atoms with Gasteiger partial charge in [0.05, 0.1) is 25.8 Å². The minimum atomic E-state index is -0.337. The summed E-state index contributed by atoms with van der Waals surface area (Å²) in [5.41, 5.74) is 2.17. The molecule has 2 aromatic rings. The van der Waals surface area contributed by atoms with E-state index in [-0.39, 0.29) is 25.0 Å². The van der Waals surface area contributed by atoms with Crippen molar-refractivity contribution in [3.8, 4) is 5.75 Å². The second kappa shape index (κ2) is 8.71. The van der Waals surface area contributed by atoms with Gasteiger partial charge < -0.3 is 14.4 Å². The minimum Gasteiger partial charge on any atom is -0.496 e. The number of hydrogen-bond donors (Lipinski definition) is 0. The van der Waals surface area contributed by atoms with Crippen molar-refractivity contribution in [1.29, 1.82) is 0 Å². The Morgan fingerprint density at radius 3 is 2.25 bits per heavy atom. The van der Waals surface area contributed by atoms with Gasteiger partial charge in [-0.1, -0.05) is 36.4 Å². The summed E-state index contributed by atoms with van der Waals surface area (Å²) in [6.07, 6.45) is 0. The van der Waals surface area contributed by atoms with E-state index in [2.05, 4.69) is 0 Å². The van der Waals surface area contributed by atoms with E-state index >= 15 is 0 Å². The quantitative estimate of drug-likeness (QED) is 0.659.